The minimum Gasteiger partial charge on any atom is -0.357 e. The SMILES string of the molecule is CNC(=O)C(CS(=O)(=O)O)NC(=O)C(CS(=O)(=O)O)NC. The normalized spacial score (nSPS) is 15.0. The van der Waals surface area contributed by atoms with Crippen LogP contribution in [0.2, 0.25) is 0 Å². The molecule has 0 radical (unpaired) electrons. The molecule has 2 unspecified atom stereocenters. The van der Waals surface area contributed by atoms with Crippen LogP contribution < -0.4 is 16.0 Å². The maximum atomic E-state index is 11.8. The van der Waals surface area contributed by atoms with Crippen LogP contribution in [0.25, 0.3) is 0 Å². The predicted octanol–water partition coefficient (Wildman–Crippen LogP) is -3.42. The molecule has 0 aromatic rings. The summed E-state index contributed by atoms with van der Waals surface area (Å²) in [6, 6.07) is -3.02. The fourth-order valence-electron chi connectivity index (χ4n) is 1.34. The summed E-state index contributed by atoms with van der Waals surface area (Å²) in [6.07, 6.45) is 0. The molecule has 0 saturated carbocycles. The highest BCUT2D eigenvalue weighted by Gasteiger charge is 2.29. The van der Waals surface area contributed by atoms with Gasteiger partial charge in [-0.25, -0.2) is 0 Å². The van der Waals surface area contributed by atoms with Gasteiger partial charge in [0.1, 0.15) is 17.8 Å². The molecule has 0 aliphatic heterocycles. The number of amides is 2. The summed E-state index contributed by atoms with van der Waals surface area (Å²) < 4.78 is 60.4. The maximum absolute atomic E-state index is 11.8. The summed E-state index contributed by atoms with van der Waals surface area (Å²) in [6.45, 7) is 0. The molecule has 0 aromatic heterocycles. The van der Waals surface area contributed by atoms with Crippen LogP contribution in [0.5, 0.6) is 0 Å². The Morgan fingerprint density at radius 2 is 1.33 bits per heavy atom. The highest BCUT2D eigenvalue weighted by Crippen LogP contribution is 1.96. The van der Waals surface area contributed by atoms with E-state index in [0.29, 0.717) is 0 Å². The standard InChI is InChI=1S/C8H17N3O8S2/c1-9-5(3-20(14,15)16)8(13)11-6(7(12)10-2)4-21(17,18)19/h5-6,9H,3-4H2,1-2H3,(H,10,12)(H,11,13)(H,14,15,16)(H,17,18,19). The molecule has 0 spiro atoms. The molecule has 0 heterocycles. The number of nitrogens with one attached hydrogen (secondary N) is 3. The van der Waals surface area contributed by atoms with Gasteiger partial charge in [-0.2, -0.15) is 16.8 Å². The highest BCUT2D eigenvalue weighted by molar-refractivity contribution is 7.86. The fraction of sp³-hybridized carbons (Fsp3) is 0.750. The molecular formula is C8H17N3O8S2. The molecule has 21 heavy (non-hydrogen) atoms. The quantitative estimate of drug-likeness (QED) is 0.279. The summed E-state index contributed by atoms with van der Waals surface area (Å²) in [7, 11) is -6.61. The zero-order chi connectivity index (χ0) is 16.8. The molecule has 5 N–H and O–H groups in total. The third-order valence-electron chi connectivity index (χ3n) is 2.30. The first kappa shape index (κ1) is 19.7. The predicted molar refractivity (Wildman–Crippen MR) is 71.7 cm³/mol. The van der Waals surface area contributed by atoms with Crippen LogP contribution >= 0.6 is 0 Å². The van der Waals surface area contributed by atoms with Crippen molar-refractivity contribution in [3.63, 3.8) is 0 Å². The maximum Gasteiger partial charge on any atom is 0.267 e. The molecule has 2 atom stereocenters. The summed E-state index contributed by atoms with van der Waals surface area (Å²) in [4.78, 5) is 23.2. The first-order valence-corrected chi connectivity index (χ1v) is 8.71. The fourth-order valence-corrected chi connectivity index (χ4v) is 2.74. The van der Waals surface area contributed by atoms with Crippen LogP contribution in [0.15, 0.2) is 0 Å². The van der Waals surface area contributed by atoms with Gasteiger partial charge >= 0.3 is 0 Å². The first-order chi connectivity index (χ1) is 9.39. The minimum atomic E-state index is -4.56. The Morgan fingerprint density at radius 3 is 1.67 bits per heavy atom. The van der Waals surface area contributed by atoms with E-state index in [9.17, 15) is 26.4 Å². The number of carbonyl (C=O) groups excluding carboxylic acids is 2. The molecule has 11 nitrogen and oxygen atoms in total. The third-order valence-corrected chi connectivity index (χ3v) is 3.81. The summed E-state index contributed by atoms with van der Waals surface area (Å²) in [5, 5.41) is 6.34. The van der Waals surface area contributed by atoms with Gasteiger partial charge in [0.25, 0.3) is 20.2 Å². The van der Waals surface area contributed by atoms with Crippen molar-refractivity contribution in [1.29, 1.82) is 0 Å². The Labute approximate surface area is 122 Å². The minimum absolute atomic E-state index is 0.900. The van der Waals surface area contributed by atoms with Gasteiger partial charge < -0.3 is 16.0 Å². The first-order valence-electron chi connectivity index (χ1n) is 5.49. The van der Waals surface area contributed by atoms with Crippen molar-refractivity contribution in [2.75, 3.05) is 25.6 Å². The molecule has 2 amide bonds. The molecule has 124 valence electrons. The van der Waals surface area contributed by atoms with Gasteiger partial charge in [0.2, 0.25) is 11.8 Å². The van der Waals surface area contributed by atoms with Gasteiger partial charge in [0.05, 0.1) is 5.75 Å². The van der Waals surface area contributed by atoms with E-state index in [0.717, 1.165) is 0 Å². The van der Waals surface area contributed by atoms with Crippen molar-refractivity contribution >= 4 is 32.1 Å². The van der Waals surface area contributed by atoms with Crippen LogP contribution in [-0.2, 0) is 29.8 Å². The van der Waals surface area contributed by atoms with E-state index in [2.05, 4.69) is 10.6 Å². The van der Waals surface area contributed by atoms with Crippen molar-refractivity contribution < 1.29 is 35.5 Å². The largest absolute Gasteiger partial charge is 0.357 e. The van der Waals surface area contributed by atoms with Gasteiger partial charge in [-0.1, -0.05) is 0 Å². The topological polar surface area (TPSA) is 179 Å². The average Bonchev–Trinajstić information content (AvgIpc) is 2.31. The van der Waals surface area contributed by atoms with Crippen molar-refractivity contribution in [1.82, 2.24) is 16.0 Å². The monoisotopic (exact) mass is 347 g/mol. The Morgan fingerprint density at radius 1 is 0.905 bits per heavy atom. The zero-order valence-corrected chi connectivity index (χ0v) is 12.9. The van der Waals surface area contributed by atoms with E-state index in [1.807, 2.05) is 5.32 Å². The smallest absolute Gasteiger partial charge is 0.267 e. The van der Waals surface area contributed by atoms with Crippen LogP contribution in [0, 0.1) is 0 Å². The lowest BCUT2D eigenvalue weighted by Gasteiger charge is -2.20. The van der Waals surface area contributed by atoms with E-state index in [4.69, 9.17) is 9.11 Å². The average molecular weight is 347 g/mol. The summed E-state index contributed by atoms with van der Waals surface area (Å²) in [5.41, 5.74) is 0. The number of carbonyl (C=O) groups is 2. The van der Waals surface area contributed by atoms with Crippen LogP contribution in [0.3, 0.4) is 0 Å². The number of hydrogen-bond donors (Lipinski definition) is 5. The van der Waals surface area contributed by atoms with Crippen molar-refractivity contribution in [3.8, 4) is 0 Å². The molecule has 13 heteroatoms. The Kier molecular flexibility index (Phi) is 7.18. The lowest BCUT2D eigenvalue weighted by Crippen LogP contribution is -2.55. The van der Waals surface area contributed by atoms with Gasteiger partial charge in [0.15, 0.2) is 0 Å². The van der Waals surface area contributed by atoms with Gasteiger partial charge in [-0.05, 0) is 7.05 Å². The second-order valence-corrected chi connectivity index (χ2v) is 7.01. The van der Waals surface area contributed by atoms with E-state index in [1.54, 1.807) is 0 Å². The van der Waals surface area contributed by atoms with Gasteiger partial charge in [-0.3, -0.25) is 18.7 Å². The Balaban J connectivity index is 5.06. The van der Waals surface area contributed by atoms with Crippen molar-refractivity contribution in [2.24, 2.45) is 0 Å². The van der Waals surface area contributed by atoms with E-state index >= 15 is 0 Å². The van der Waals surface area contributed by atoms with Crippen LogP contribution in [-0.4, -0.2) is 75.4 Å². The Bertz CT molecular complexity index is 585. The van der Waals surface area contributed by atoms with Crippen molar-refractivity contribution in [3.05, 3.63) is 0 Å². The molecule has 0 aliphatic rings. The number of rotatable bonds is 8. The third kappa shape index (κ3) is 8.56. The van der Waals surface area contributed by atoms with Gasteiger partial charge in [0, 0.05) is 7.05 Å². The van der Waals surface area contributed by atoms with E-state index in [1.165, 1.54) is 14.1 Å². The molecular weight excluding hydrogens is 330 g/mol. The summed E-state index contributed by atoms with van der Waals surface area (Å²) in [5.74, 6) is -3.99. The number of likely N-dealkylation sites (N-methyl/N-ethyl adjacent to an activating group) is 2. The second-order valence-electron chi connectivity index (χ2n) is 4.01. The highest BCUT2D eigenvalue weighted by atomic mass is 32.2. The van der Waals surface area contributed by atoms with Gasteiger partial charge in [-0.15, -0.1) is 0 Å². The molecule has 0 saturated heterocycles. The van der Waals surface area contributed by atoms with Crippen LogP contribution in [0.4, 0.5) is 0 Å². The molecule has 0 aliphatic carbocycles. The lowest BCUT2D eigenvalue weighted by atomic mass is 10.2. The second kappa shape index (κ2) is 7.65. The van der Waals surface area contributed by atoms with E-state index in [-0.39, 0.29) is 0 Å². The summed E-state index contributed by atoms with van der Waals surface area (Å²) >= 11 is 0. The number of hydrogen-bond acceptors (Lipinski definition) is 7. The lowest BCUT2D eigenvalue weighted by molar-refractivity contribution is -0.129. The van der Waals surface area contributed by atoms with Crippen molar-refractivity contribution in [2.45, 2.75) is 12.1 Å². The molecule has 0 aromatic carbocycles. The van der Waals surface area contributed by atoms with E-state index < -0.39 is 55.6 Å². The Hall–Kier alpha value is -1.28. The zero-order valence-electron chi connectivity index (χ0n) is 11.2. The van der Waals surface area contributed by atoms with Crippen LogP contribution in [0.1, 0.15) is 0 Å². The molecule has 0 bridgehead atoms. The molecule has 0 fully saturated rings. The molecule has 0 rings (SSSR count).